The molecule has 0 saturated heterocycles. The summed E-state index contributed by atoms with van der Waals surface area (Å²) in [6.07, 6.45) is 0. The highest BCUT2D eigenvalue weighted by Gasteiger charge is 2.25. The lowest BCUT2D eigenvalue weighted by atomic mass is 10.2. The zero-order valence-electron chi connectivity index (χ0n) is 15.6. The molecule has 0 radical (unpaired) electrons. The van der Waals surface area contributed by atoms with Gasteiger partial charge in [-0.25, -0.2) is 16.8 Å². The Kier molecular flexibility index (Phi) is 5.76. The molecule has 3 aromatic carbocycles. The Morgan fingerprint density at radius 3 is 1.80 bits per heavy atom. The highest BCUT2D eigenvalue weighted by atomic mass is 32.2. The molecule has 3 aromatic rings. The molecule has 0 amide bonds. The Morgan fingerprint density at radius 1 is 0.733 bits per heavy atom. The smallest absolute Gasteiger partial charge is 0.280 e. The van der Waals surface area contributed by atoms with Crippen molar-refractivity contribution in [2.24, 2.45) is 0 Å². The third-order valence-corrected chi connectivity index (χ3v) is 6.90. The van der Waals surface area contributed by atoms with Crippen LogP contribution in [0.15, 0.2) is 82.6 Å². The molecule has 0 aliphatic carbocycles. The van der Waals surface area contributed by atoms with Gasteiger partial charge in [0.15, 0.2) is 4.90 Å². The van der Waals surface area contributed by atoms with Gasteiger partial charge >= 0.3 is 0 Å². The number of hydrogen-bond donors (Lipinski definition) is 2. The van der Waals surface area contributed by atoms with Crippen LogP contribution in [0.3, 0.4) is 0 Å². The van der Waals surface area contributed by atoms with E-state index in [4.69, 9.17) is 0 Å². The molecule has 0 aromatic heterocycles. The quantitative estimate of drug-likeness (QED) is 0.420. The average Bonchev–Trinajstić information content (AvgIpc) is 2.70. The number of nitro benzene ring substituents is 1. The molecule has 0 aliphatic rings. The number of benzene rings is 3. The van der Waals surface area contributed by atoms with Gasteiger partial charge in [0.1, 0.15) is 0 Å². The molecule has 0 aliphatic heterocycles. The number of nitro groups is 1. The molecule has 0 fully saturated rings. The second-order valence-electron chi connectivity index (χ2n) is 6.33. The summed E-state index contributed by atoms with van der Waals surface area (Å²) in [6, 6.07) is 16.7. The maximum atomic E-state index is 12.5. The molecule has 9 nitrogen and oxygen atoms in total. The van der Waals surface area contributed by atoms with E-state index in [-0.39, 0.29) is 10.6 Å². The van der Waals surface area contributed by atoms with E-state index < -0.39 is 35.6 Å². The van der Waals surface area contributed by atoms with Gasteiger partial charge in [0.2, 0.25) is 0 Å². The van der Waals surface area contributed by atoms with Crippen molar-refractivity contribution in [3.8, 4) is 0 Å². The first kappa shape index (κ1) is 21.3. The molecule has 0 spiro atoms. The van der Waals surface area contributed by atoms with E-state index >= 15 is 0 Å². The maximum absolute atomic E-state index is 12.5. The Hall–Kier alpha value is -3.44. The van der Waals surface area contributed by atoms with Crippen LogP contribution < -0.4 is 9.44 Å². The molecule has 0 saturated carbocycles. The number of nitrogens with zero attached hydrogens (tertiary/aromatic N) is 1. The van der Waals surface area contributed by atoms with Gasteiger partial charge in [0.25, 0.3) is 25.7 Å². The van der Waals surface area contributed by atoms with Crippen LogP contribution >= 0.6 is 0 Å². The van der Waals surface area contributed by atoms with Crippen LogP contribution in [0.4, 0.5) is 17.1 Å². The first-order valence-electron chi connectivity index (χ1n) is 8.54. The summed E-state index contributed by atoms with van der Waals surface area (Å²) in [5.41, 5.74) is 0.865. The van der Waals surface area contributed by atoms with Gasteiger partial charge < -0.3 is 0 Å². The van der Waals surface area contributed by atoms with E-state index in [1.165, 1.54) is 36.4 Å². The number of sulfonamides is 2. The summed E-state index contributed by atoms with van der Waals surface area (Å²) >= 11 is 0. The molecular formula is C19H17N3O6S2. The molecule has 0 unspecified atom stereocenters. The SMILES string of the molecule is Cc1ccc(NS(=O)(=O)c2ccc(NS(=O)(=O)c3ccccc3[N+](=O)[O-])cc2)cc1. The molecule has 3 rings (SSSR count). The van der Waals surface area contributed by atoms with Gasteiger partial charge in [0.05, 0.1) is 9.82 Å². The number of para-hydroxylation sites is 1. The van der Waals surface area contributed by atoms with E-state index in [9.17, 15) is 26.9 Å². The third kappa shape index (κ3) is 4.75. The second-order valence-corrected chi connectivity index (χ2v) is 9.66. The topological polar surface area (TPSA) is 135 Å². The number of hydrogen-bond acceptors (Lipinski definition) is 6. The van der Waals surface area contributed by atoms with Gasteiger partial charge in [-0.1, -0.05) is 29.8 Å². The van der Waals surface area contributed by atoms with E-state index in [2.05, 4.69) is 9.44 Å². The molecule has 0 bridgehead atoms. The predicted molar refractivity (Wildman–Crippen MR) is 112 cm³/mol. The van der Waals surface area contributed by atoms with Crippen molar-refractivity contribution in [3.05, 3.63) is 88.5 Å². The Morgan fingerprint density at radius 2 is 1.23 bits per heavy atom. The maximum Gasteiger partial charge on any atom is 0.289 e. The summed E-state index contributed by atoms with van der Waals surface area (Å²) in [4.78, 5) is 9.73. The summed E-state index contributed by atoms with van der Waals surface area (Å²) < 4.78 is 54.7. The summed E-state index contributed by atoms with van der Waals surface area (Å²) in [6.45, 7) is 1.88. The normalized spacial score (nSPS) is 11.6. The van der Waals surface area contributed by atoms with E-state index in [1.807, 2.05) is 6.92 Å². The van der Waals surface area contributed by atoms with Gasteiger partial charge in [-0.05, 0) is 49.4 Å². The van der Waals surface area contributed by atoms with Crippen LogP contribution in [-0.4, -0.2) is 21.8 Å². The first-order valence-corrected chi connectivity index (χ1v) is 11.5. The van der Waals surface area contributed by atoms with Crippen LogP contribution in [0.1, 0.15) is 5.56 Å². The Labute approximate surface area is 173 Å². The Balaban J connectivity index is 1.82. The van der Waals surface area contributed by atoms with Gasteiger partial charge in [0, 0.05) is 17.4 Å². The average molecular weight is 447 g/mol. The zero-order valence-corrected chi connectivity index (χ0v) is 17.3. The van der Waals surface area contributed by atoms with Crippen molar-refractivity contribution >= 4 is 37.1 Å². The number of rotatable bonds is 7. The highest BCUT2D eigenvalue weighted by molar-refractivity contribution is 7.93. The summed E-state index contributed by atoms with van der Waals surface area (Å²) in [5, 5.41) is 11.1. The predicted octanol–water partition coefficient (Wildman–Crippen LogP) is 3.50. The van der Waals surface area contributed by atoms with Crippen molar-refractivity contribution in [2.75, 3.05) is 9.44 Å². The minimum Gasteiger partial charge on any atom is -0.280 e. The number of aryl methyl sites for hydroxylation is 1. The van der Waals surface area contributed by atoms with Gasteiger partial charge in [-0.15, -0.1) is 0 Å². The molecule has 0 heterocycles. The second kappa shape index (κ2) is 8.13. The lowest BCUT2D eigenvalue weighted by Crippen LogP contribution is -2.15. The minimum atomic E-state index is -4.25. The van der Waals surface area contributed by atoms with Crippen LogP contribution in [0.5, 0.6) is 0 Å². The fourth-order valence-electron chi connectivity index (χ4n) is 2.58. The zero-order chi connectivity index (χ0) is 21.9. The monoisotopic (exact) mass is 447 g/mol. The Bertz CT molecular complexity index is 1290. The van der Waals surface area contributed by atoms with E-state index in [0.29, 0.717) is 5.69 Å². The fourth-order valence-corrected chi connectivity index (χ4v) is 4.87. The first-order chi connectivity index (χ1) is 14.1. The molecular weight excluding hydrogens is 430 g/mol. The minimum absolute atomic E-state index is 0.0578. The molecule has 0 atom stereocenters. The van der Waals surface area contributed by atoms with E-state index in [1.54, 1.807) is 24.3 Å². The molecule has 156 valence electrons. The molecule has 30 heavy (non-hydrogen) atoms. The molecule has 2 N–H and O–H groups in total. The van der Waals surface area contributed by atoms with Crippen LogP contribution in [0, 0.1) is 17.0 Å². The van der Waals surface area contributed by atoms with Crippen molar-refractivity contribution in [1.29, 1.82) is 0 Å². The van der Waals surface area contributed by atoms with Crippen molar-refractivity contribution < 1.29 is 21.8 Å². The molecule has 11 heteroatoms. The van der Waals surface area contributed by atoms with Gasteiger partial charge in [-0.2, -0.15) is 0 Å². The lowest BCUT2D eigenvalue weighted by Gasteiger charge is -2.11. The van der Waals surface area contributed by atoms with Crippen LogP contribution in [0.25, 0.3) is 0 Å². The highest BCUT2D eigenvalue weighted by Crippen LogP contribution is 2.26. The number of anilines is 2. The fraction of sp³-hybridized carbons (Fsp3) is 0.0526. The van der Waals surface area contributed by atoms with Crippen molar-refractivity contribution in [2.45, 2.75) is 16.7 Å². The van der Waals surface area contributed by atoms with Crippen molar-refractivity contribution in [3.63, 3.8) is 0 Å². The summed E-state index contributed by atoms with van der Waals surface area (Å²) in [7, 11) is -8.12. The van der Waals surface area contributed by atoms with Crippen LogP contribution in [0.2, 0.25) is 0 Å². The third-order valence-electron chi connectivity index (χ3n) is 4.07. The van der Waals surface area contributed by atoms with Gasteiger partial charge in [-0.3, -0.25) is 19.6 Å². The standard InChI is InChI=1S/C19H17N3O6S2/c1-14-6-8-15(9-7-14)20-29(25,26)17-12-10-16(11-13-17)21-30(27,28)19-5-3-2-4-18(19)22(23)24/h2-13,20-21H,1H3. The lowest BCUT2D eigenvalue weighted by molar-refractivity contribution is -0.387. The summed E-state index contributed by atoms with van der Waals surface area (Å²) in [5.74, 6) is 0. The number of nitrogens with one attached hydrogen (secondary N) is 2. The van der Waals surface area contributed by atoms with E-state index in [0.717, 1.165) is 17.7 Å². The largest absolute Gasteiger partial charge is 0.289 e. The van der Waals surface area contributed by atoms with Crippen molar-refractivity contribution in [1.82, 2.24) is 0 Å². The van der Waals surface area contributed by atoms with Crippen LogP contribution in [-0.2, 0) is 20.0 Å².